The van der Waals surface area contributed by atoms with Gasteiger partial charge in [-0.2, -0.15) is 0 Å². The molecular formula is C9H7BrClN3. The molecule has 1 aromatic heterocycles. The van der Waals surface area contributed by atoms with E-state index >= 15 is 0 Å². The van der Waals surface area contributed by atoms with Gasteiger partial charge in [0.2, 0.25) is 0 Å². The summed E-state index contributed by atoms with van der Waals surface area (Å²) >= 11 is 9.36. The zero-order chi connectivity index (χ0) is 10.1. The second-order valence-electron chi connectivity index (χ2n) is 2.79. The minimum atomic E-state index is 0.616. The molecule has 1 heterocycles. The molecule has 2 aromatic rings. The van der Waals surface area contributed by atoms with Crippen molar-refractivity contribution < 1.29 is 0 Å². The smallest absolute Gasteiger partial charge is 0.147 e. The van der Waals surface area contributed by atoms with E-state index in [1.807, 2.05) is 18.2 Å². The lowest BCUT2D eigenvalue weighted by atomic mass is 10.1. The van der Waals surface area contributed by atoms with Crippen molar-refractivity contribution in [3.05, 3.63) is 33.9 Å². The van der Waals surface area contributed by atoms with Gasteiger partial charge >= 0.3 is 0 Å². The van der Waals surface area contributed by atoms with E-state index < -0.39 is 0 Å². The first kappa shape index (κ1) is 9.71. The number of hydrazine groups is 1. The van der Waals surface area contributed by atoms with Crippen LogP contribution in [0.15, 0.2) is 28.9 Å². The molecular weight excluding hydrogens is 265 g/mol. The quantitative estimate of drug-likeness (QED) is 0.620. The predicted molar refractivity (Wildman–Crippen MR) is 62.3 cm³/mol. The van der Waals surface area contributed by atoms with Gasteiger partial charge in [0.05, 0.1) is 0 Å². The number of nitrogens with two attached hydrogens (primary N) is 1. The van der Waals surface area contributed by atoms with Crippen molar-refractivity contribution in [1.82, 2.24) is 4.98 Å². The summed E-state index contributed by atoms with van der Waals surface area (Å²) in [5, 5.41) is 2.57. The number of halogens is 2. The average Bonchev–Trinajstić information content (AvgIpc) is 2.17. The molecule has 1 aromatic carbocycles. The van der Waals surface area contributed by atoms with Crippen molar-refractivity contribution >= 4 is 44.1 Å². The molecule has 0 aliphatic rings. The fraction of sp³-hybridized carbons (Fsp3) is 0. The van der Waals surface area contributed by atoms with E-state index in [1.165, 1.54) is 0 Å². The maximum Gasteiger partial charge on any atom is 0.147 e. The Kier molecular flexibility index (Phi) is 2.58. The summed E-state index contributed by atoms with van der Waals surface area (Å²) in [6, 6.07) is 5.56. The molecule has 3 N–H and O–H groups in total. The van der Waals surface area contributed by atoms with E-state index in [1.54, 1.807) is 6.20 Å². The highest BCUT2D eigenvalue weighted by molar-refractivity contribution is 9.10. The molecule has 0 fully saturated rings. The summed E-state index contributed by atoms with van der Waals surface area (Å²) < 4.78 is 0.930. The lowest BCUT2D eigenvalue weighted by Gasteiger charge is -2.06. The van der Waals surface area contributed by atoms with Crippen molar-refractivity contribution in [1.29, 1.82) is 0 Å². The maximum absolute atomic E-state index is 5.93. The van der Waals surface area contributed by atoms with Crippen LogP contribution < -0.4 is 11.3 Å². The molecule has 2 rings (SSSR count). The van der Waals surface area contributed by atoms with Crippen LogP contribution >= 0.6 is 27.5 Å². The van der Waals surface area contributed by atoms with Crippen molar-refractivity contribution in [3.8, 4) is 0 Å². The molecule has 0 bridgehead atoms. The SMILES string of the molecule is NNc1nccc2c(Br)cc(Cl)cc12. The normalized spacial score (nSPS) is 10.5. The summed E-state index contributed by atoms with van der Waals surface area (Å²) in [4.78, 5) is 4.09. The van der Waals surface area contributed by atoms with Crippen molar-refractivity contribution in [2.24, 2.45) is 5.84 Å². The van der Waals surface area contributed by atoms with E-state index in [9.17, 15) is 0 Å². The van der Waals surface area contributed by atoms with Crippen LogP contribution in [0.4, 0.5) is 5.82 Å². The average molecular weight is 273 g/mol. The van der Waals surface area contributed by atoms with Crippen LogP contribution in [0, 0.1) is 0 Å². The third-order valence-electron chi connectivity index (χ3n) is 1.93. The van der Waals surface area contributed by atoms with Crippen LogP contribution in [0.1, 0.15) is 0 Å². The standard InChI is InChI=1S/C9H7BrClN3/c10-8-4-5(11)3-7-6(8)1-2-13-9(7)14-12/h1-4H,12H2,(H,13,14). The number of anilines is 1. The second-order valence-corrected chi connectivity index (χ2v) is 4.08. The molecule has 5 heteroatoms. The highest BCUT2D eigenvalue weighted by atomic mass is 79.9. The maximum atomic E-state index is 5.93. The number of aromatic nitrogens is 1. The van der Waals surface area contributed by atoms with E-state index in [-0.39, 0.29) is 0 Å². The molecule has 0 amide bonds. The van der Waals surface area contributed by atoms with Gasteiger partial charge in [-0.3, -0.25) is 0 Å². The number of nitrogens with zero attached hydrogens (tertiary/aromatic N) is 1. The van der Waals surface area contributed by atoms with Crippen LogP contribution in [-0.2, 0) is 0 Å². The first-order chi connectivity index (χ1) is 6.72. The number of benzene rings is 1. The topological polar surface area (TPSA) is 50.9 Å². The zero-order valence-electron chi connectivity index (χ0n) is 7.09. The van der Waals surface area contributed by atoms with Crippen LogP contribution in [0.2, 0.25) is 5.02 Å². The Morgan fingerprint density at radius 1 is 1.36 bits per heavy atom. The van der Waals surface area contributed by atoms with Gasteiger partial charge in [-0.05, 0) is 18.2 Å². The predicted octanol–water partition coefficient (Wildman–Crippen LogP) is 2.94. The molecule has 0 aliphatic heterocycles. The van der Waals surface area contributed by atoms with Crippen LogP contribution in [0.5, 0.6) is 0 Å². The number of nitrogens with one attached hydrogen (secondary N) is 1. The molecule has 14 heavy (non-hydrogen) atoms. The van der Waals surface area contributed by atoms with Gasteiger partial charge in [0.1, 0.15) is 5.82 Å². The lowest BCUT2D eigenvalue weighted by Crippen LogP contribution is -2.08. The Morgan fingerprint density at radius 3 is 2.86 bits per heavy atom. The minimum Gasteiger partial charge on any atom is -0.308 e. The molecule has 0 radical (unpaired) electrons. The van der Waals surface area contributed by atoms with Gasteiger partial charge in [0, 0.05) is 26.5 Å². The summed E-state index contributed by atoms with van der Waals surface area (Å²) in [6.45, 7) is 0. The van der Waals surface area contributed by atoms with Gasteiger partial charge < -0.3 is 5.43 Å². The first-order valence-corrected chi connectivity index (χ1v) is 5.10. The Labute approximate surface area is 94.4 Å². The van der Waals surface area contributed by atoms with Crippen LogP contribution in [0.3, 0.4) is 0 Å². The minimum absolute atomic E-state index is 0.616. The van der Waals surface area contributed by atoms with Crippen molar-refractivity contribution in [2.45, 2.75) is 0 Å². The number of hydrogen-bond acceptors (Lipinski definition) is 3. The highest BCUT2D eigenvalue weighted by Gasteiger charge is 2.05. The second kappa shape index (κ2) is 3.73. The summed E-state index contributed by atoms with van der Waals surface area (Å²) in [5.74, 6) is 5.96. The summed E-state index contributed by atoms with van der Waals surface area (Å²) in [5.41, 5.74) is 2.53. The molecule has 0 aliphatic carbocycles. The Balaban J connectivity index is 2.86. The molecule has 0 saturated carbocycles. The Bertz CT molecular complexity index is 487. The lowest BCUT2D eigenvalue weighted by molar-refractivity contribution is 1.25. The molecule has 3 nitrogen and oxygen atoms in total. The molecule has 0 unspecified atom stereocenters. The van der Waals surface area contributed by atoms with Gasteiger partial charge in [-0.15, -0.1) is 0 Å². The van der Waals surface area contributed by atoms with E-state index in [4.69, 9.17) is 17.4 Å². The molecule has 0 spiro atoms. The molecule has 72 valence electrons. The summed E-state index contributed by atoms with van der Waals surface area (Å²) in [6.07, 6.45) is 1.69. The first-order valence-electron chi connectivity index (χ1n) is 3.93. The largest absolute Gasteiger partial charge is 0.308 e. The van der Waals surface area contributed by atoms with Crippen molar-refractivity contribution in [3.63, 3.8) is 0 Å². The van der Waals surface area contributed by atoms with Crippen LogP contribution in [-0.4, -0.2) is 4.98 Å². The number of pyridine rings is 1. The van der Waals surface area contributed by atoms with E-state index in [0.29, 0.717) is 10.8 Å². The monoisotopic (exact) mass is 271 g/mol. The van der Waals surface area contributed by atoms with Crippen molar-refractivity contribution in [2.75, 3.05) is 5.43 Å². The third-order valence-corrected chi connectivity index (χ3v) is 2.81. The number of fused-ring (bicyclic) bond motifs is 1. The van der Waals surface area contributed by atoms with E-state index in [0.717, 1.165) is 15.2 Å². The van der Waals surface area contributed by atoms with Gasteiger partial charge in [0.25, 0.3) is 0 Å². The fourth-order valence-electron chi connectivity index (χ4n) is 1.32. The van der Waals surface area contributed by atoms with Gasteiger partial charge in [-0.1, -0.05) is 27.5 Å². The fourth-order valence-corrected chi connectivity index (χ4v) is 2.26. The van der Waals surface area contributed by atoms with E-state index in [2.05, 4.69) is 26.3 Å². The Hall–Kier alpha value is -0.840. The number of rotatable bonds is 1. The zero-order valence-corrected chi connectivity index (χ0v) is 9.43. The van der Waals surface area contributed by atoms with Gasteiger partial charge in [-0.25, -0.2) is 10.8 Å². The number of nitrogen functional groups attached to an aromatic ring is 1. The molecule has 0 atom stereocenters. The molecule has 0 saturated heterocycles. The van der Waals surface area contributed by atoms with Gasteiger partial charge in [0.15, 0.2) is 0 Å². The number of hydrogen-bond donors (Lipinski definition) is 2. The third kappa shape index (κ3) is 1.56. The highest BCUT2D eigenvalue weighted by Crippen LogP contribution is 2.30. The van der Waals surface area contributed by atoms with Crippen LogP contribution in [0.25, 0.3) is 10.8 Å². The summed E-state index contributed by atoms with van der Waals surface area (Å²) in [7, 11) is 0. The Morgan fingerprint density at radius 2 is 2.14 bits per heavy atom.